The van der Waals surface area contributed by atoms with Gasteiger partial charge >= 0.3 is 0 Å². The Balaban J connectivity index is 1.59. The lowest BCUT2D eigenvalue weighted by Gasteiger charge is -2.38. The van der Waals surface area contributed by atoms with Crippen LogP contribution in [0.3, 0.4) is 0 Å². The molecule has 0 saturated carbocycles. The number of aliphatic imine (C=N–C) groups is 1. The van der Waals surface area contributed by atoms with Crippen molar-refractivity contribution in [3.05, 3.63) is 34.5 Å². The van der Waals surface area contributed by atoms with Crippen LogP contribution in [-0.2, 0) is 13.0 Å². The van der Waals surface area contributed by atoms with Gasteiger partial charge in [-0.05, 0) is 50.7 Å². The summed E-state index contributed by atoms with van der Waals surface area (Å²) < 4.78 is 2.10. The first-order valence-corrected chi connectivity index (χ1v) is 11.2. The van der Waals surface area contributed by atoms with Crippen LogP contribution in [0.4, 0.5) is 0 Å². The maximum Gasteiger partial charge on any atom is 0.191 e. The quantitative estimate of drug-likeness (QED) is 0.524. The van der Waals surface area contributed by atoms with Gasteiger partial charge in [0, 0.05) is 43.5 Å². The SMILES string of the molecule is CCNC(=NCC1CCCN(C)C1c1cccs1)NCCn1cnnc1CC. The van der Waals surface area contributed by atoms with Crippen LogP contribution < -0.4 is 10.6 Å². The predicted molar refractivity (Wildman–Crippen MR) is 116 cm³/mol. The number of nitrogens with one attached hydrogen (secondary N) is 2. The van der Waals surface area contributed by atoms with E-state index in [9.17, 15) is 0 Å². The number of nitrogens with zero attached hydrogens (tertiary/aromatic N) is 5. The number of rotatable bonds is 8. The molecule has 154 valence electrons. The summed E-state index contributed by atoms with van der Waals surface area (Å²) in [6.45, 7) is 8.71. The predicted octanol–water partition coefficient (Wildman–Crippen LogP) is 2.54. The Bertz CT molecular complexity index is 725. The third-order valence-electron chi connectivity index (χ3n) is 5.33. The van der Waals surface area contributed by atoms with E-state index < -0.39 is 0 Å². The van der Waals surface area contributed by atoms with Crippen molar-refractivity contribution >= 4 is 17.3 Å². The van der Waals surface area contributed by atoms with Crippen LogP contribution >= 0.6 is 11.3 Å². The third kappa shape index (κ3) is 5.32. The summed E-state index contributed by atoms with van der Waals surface area (Å²) >= 11 is 1.86. The highest BCUT2D eigenvalue weighted by molar-refractivity contribution is 7.10. The van der Waals surface area contributed by atoms with Gasteiger partial charge in [-0.3, -0.25) is 9.89 Å². The van der Waals surface area contributed by atoms with Crippen molar-refractivity contribution in [1.82, 2.24) is 30.3 Å². The standard InChI is InChI=1S/C20H33N7S/c1-4-18-25-24-15-27(18)12-10-22-20(21-5-2)23-14-16-8-6-11-26(3)19(16)17-9-7-13-28-17/h7,9,13,15-16,19H,4-6,8,10-12,14H2,1-3H3,(H2,21,22,23). The van der Waals surface area contributed by atoms with E-state index in [2.05, 4.69) is 68.7 Å². The average Bonchev–Trinajstić information content (AvgIpc) is 3.38. The molecule has 1 aliphatic rings. The number of piperidine rings is 1. The average molecular weight is 404 g/mol. The molecule has 2 atom stereocenters. The van der Waals surface area contributed by atoms with Crippen molar-refractivity contribution < 1.29 is 0 Å². The van der Waals surface area contributed by atoms with Gasteiger partial charge in [-0.15, -0.1) is 21.5 Å². The minimum atomic E-state index is 0.476. The maximum absolute atomic E-state index is 4.93. The third-order valence-corrected chi connectivity index (χ3v) is 6.27. The molecule has 0 bridgehead atoms. The molecule has 3 rings (SSSR count). The molecule has 0 aliphatic carbocycles. The summed E-state index contributed by atoms with van der Waals surface area (Å²) in [5.74, 6) is 2.47. The minimum absolute atomic E-state index is 0.476. The summed E-state index contributed by atoms with van der Waals surface area (Å²) in [6.07, 6.45) is 5.17. The van der Waals surface area contributed by atoms with E-state index in [1.165, 1.54) is 24.3 Å². The fraction of sp³-hybridized carbons (Fsp3) is 0.650. The van der Waals surface area contributed by atoms with Gasteiger partial charge in [0.1, 0.15) is 12.2 Å². The summed E-state index contributed by atoms with van der Waals surface area (Å²) in [4.78, 5) is 8.88. The van der Waals surface area contributed by atoms with E-state index in [1.807, 2.05) is 11.3 Å². The minimum Gasteiger partial charge on any atom is -0.357 e. The Morgan fingerprint density at radius 3 is 3.00 bits per heavy atom. The Morgan fingerprint density at radius 2 is 2.25 bits per heavy atom. The number of thiophene rings is 1. The van der Waals surface area contributed by atoms with E-state index in [0.717, 1.165) is 44.4 Å². The molecular formula is C20H33N7S. The lowest BCUT2D eigenvalue weighted by Crippen LogP contribution is -2.41. The van der Waals surface area contributed by atoms with Crippen molar-refractivity contribution in [2.75, 3.05) is 33.2 Å². The molecule has 1 saturated heterocycles. The van der Waals surface area contributed by atoms with E-state index in [0.29, 0.717) is 12.0 Å². The normalized spacial score (nSPS) is 21.0. The molecule has 2 unspecified atom stereocenters. The molecule has 0 radical (unpaired) electrons. The molecule has 1 aliphatic heterocycles. The van der Waals surface area contributed by atoms with Gasteiger partial charge in [0.15, 0.2) is 5.96 Å². The van der Waals surface area contributed by atoms with Crippen molar-refractivity contribution in [1.29, 1.82) is 0 Å². The fourth-order valence-electron chi connectivity index (χ4n) is 3.94. The molecule has 7 nitrogen and oxygen atoms in total. The molecule has 0 amide bonds. The first kappa shape index (κ1) is 20.8. The fourth-order valence-corrected chi connectivity index (χ4v) is 4.93. The molecule has 1 fully saturated rings. The van der Waals surface area contributed by atoms with Crippen LogP contribution in [0.25, 0.3) is 0 Å². The van der Waals surface area contributed by atoms with Crippen LogP contribution in [0.5, 0.6) is 0 Å². The molecule has 3 heterocycles. The lowest BCUT2D eigenvalue weighted by atomic mass is 9.88. The Labute approximate surface area is 172 Å². The maximum atomic E-state index is 4.93. The summed E-state index contributed by atoms with van der Waals surface area (Å²) in [5.41, 5.74) is 0. The molecule has 0 spiro atoms. The van der Waals surface area contributed by atoms with Gasteiger partial charge in [0.25, 0.3) is 0 Å². The van der Waals surface area contributed by atoms with Crippen molar-refractivity contribution in [3.63, 3.8) is 0 Å². The Hall–Kier alpha value is -1.93. The summed E-state index contributed by atoms with van der Waals surface area (Å²) in [7, 11) is 2.24. The van der Waals surface area contributed by atoms with E-state index in [-0.39, 0.29) is 0 Å². The van der Waals surface area contributed by atoms with Gasteiger partial charge in [0.2, 0.25) is 0 Å². The van der Waals surface area contributed by atoms with E-state index in [4.69, 9.17) is 4.99 Å². The smallest absolute Gasteiger partial charge is 0.191 e. The van der Waals surface area contributed by atoms with Gasteiger partial charge in [-0.2, -0.15) is 0 Å². The van der Waals surface area contributed by atoms with Crippen LogP contribution in [0.15, 0.2) is 28.8 Å². The summed E-state index contributed by atoms with van der Waals surface area (Å²) in [6, 6.07) is 4.90. The monoisotopic (exact) mass is 403 g/mol. The number of guanidine groups is 1. The van der Waals surface area contributed by atoms with Crippen LogP contribution in [-0.4, -0.2) is 58.9 Å². The molecule has 28 heavy (non-hydrogen) atoms. The molecule has 0 aromatic carbocycles. The van der Waals surface area contributed by atoms with Crippen molar-refractivity contribution in [2.45, 2.75) is 45.7 Å². The Kier molecular flexibility index (Phi) is 7.85. The second kappa shape index (κ2) is 10.6. The molecule has 2 N–H and O–H groups in total. The largest absolute Gasteiger partial charge is 0.357 e. The zero-order valence-corrected chi connectivity index (χ0v) is 18.1. The van der Waals surface area contributed by atoms with Crippen LogP contribution in [0.2, 0.25) is 0 Å². The number of hydrogen-bond donors (Lipinski definition) is 2. The molecular weight excluding hydrogens is 370 g/mol. The molecule has 8 heteroatoms. The van der Waals surface area contributed by atoms with Crippen LogP contribution in [0, 0.1) is 5.92 Å². The highest BCUT2D eigenvalue weighted by Gasteiger charge is 2.31. The first-order valence-electron chi connectivity index (χ1n) is 10.3. The molecule has 2 aromatic rings. The number of aromatic nitrogens is 3. The zero-order valence-electron chi connectivity index (χ0n) is 17.3. The second-order valence-electron chi connectivity index (χ2n) is 7.28. The molecule has 2 aromatic heterocycles. The van der Waals surface area contributed by atoms with Crippen molar-refractivity contribution in [2.24, 2.45) is 10.9 Å². The van der Waals surface area contributed by atoms with Gasteiger partial charge < -0.3 is 15.2 Å². The number of hydrogen-bond acceptors (Lipinski definition) is 5. The van der Waals surface area contributed by atoms with Crippen LogP contribution in [0.1, 0.15) is 43.4 Å². The van der Waals surface area contributed by atoms with Gasteiger partial charge in [-0.25, -0.2) is 0 Å². The first-order chi connectivity index (χ1) is 13.7. The van der Waals surface area contributed by atoms with Crippen molar-refractivity contribution in [3.8, 4) is 0 Å². The van der Waals surface area contributed by atoms with E-state index in [1.54, 1.807) is 6.33 Å². The van der Waals surface area contributed by atoms with E-state index >= 15 is 0 Å². The summed E-state index contributed by atoms with van der Waals surface area (Å²) in [5, 5.41) is 17.2. The highest BCUT2D eigenvalue weighted by Crippen LogP contribution is 2.37. The number of aryl methyl sites for hydroxylation is 1. The lowest BCUT2D eigenvalue weighted by molar-refractivity contribution is 0.128. The van der Waals surface area contributed by atoms with Gasteiger partial charge in [-0.1, -0.05) is 13.0 Å². The number of likely N-dealkylation sites (tertiary alicyclic amines) is 1. The second-order valence-corrected chi connectivity index (χ2v) is 8.26. The topological polar surface area (TPSA) is 70.4 Å². The Morgan fingerprint density at radius 1 is 1.36 bits per heavy atom. The highest BCUT2D eigenvalue weighted by atomic mass is 32.1. The van der Waals surface area contributed by atoms with Gasteiger partial charge in [0.05, 0.1) is 0 Å². The zero-order chi connectivity index (χ0) is 19.8.